The number of amides is 1. The number of carbonyl (C=O) groups is 1. The first-order valence-corrected chi connectivity index (χ1v) is 13.7. The van der Waals surface area contributed by atoms with E-state index in [1.807, 2.05) is 4.90 Å². The van der Waals surface area contributed by atoms with Crippen LogP contribution in [0.4, 0.5) is 5.69 Å². The smallest absolute Gasteiger partial charge is 0.243 e. The topological polar surface area (TPSA) is 90.4 Å². The second kappa shape index (κ2) is 9.54. The quantitative estimate of drug-likeness (QED) is 0.677. The van der Waals surface area contributed by atoms with Crippen LogP contribution in [0.15, 0.2) is 53.4 Å². The number of sulfonamides is 1. The Morgan fingerprint density at radius 2 is 1.80 bits per heavy atom. The third-order valence-corrected chi connectivity index (χ3v) is 9.61. The van der Waals surface area contributed by atoms with E-state index in [4.69, 9.17) is 4.74 Å². The molecule has 8 nitrogen and oxygen atoms in total. The molecule has 3 aliphatic rings. The van der Waals surface area contributed by atoms with Gasteiger partial charge in [-0.3, -0.25) is 4.79 Å². The second-order valence-electron chi connectivity index (χ2n) is 9.68. The number of hydrogen-bond acceptors (Lipinski definition) is 6. The molecule has 0 unspecified atom stereocenters. The van der Waals surface area contributed by atoms with Gasteiger partial charge in [0, 0.05) is 38.4 Å². The molecule has 0 bridgehead atoms. The second-order valence-corrected chi connectivity index (χ2v) is 11.7. The molecule has 3 heterocycles. The van der Waals surface area contributed by atoms with Crippen LogP contribution in [0.1, 0.15) is 30.5 Å². The van der Waals surface area contributed by atoms with Gasteiger partial charge in [-0.2, -0.15) is 4.31 Å². The first-order valence-electron chi connectivity index (χ1n) is 12.3. The zero-order valence-corrected chi connectivity index (χ0v) is 21.0. The fraction of sp³-hybridized carbons (Fsp3) is 0.500. The standard InChI is InChI=1S/C26H33N3O5S/c1-18(30)25-24(27(2)35(32,33)21-6-4-3-5-7-21)17-23-22-16-20(28-12-14-34-15-13-28)9-8-19(22)10-11-29(23)26(25)31/h3-9,16,18,23-25,30H,10-15,17H2,1-2H3/t18-,23-,24-,25-/m0/s1. The Balaban J connectivity index is 1.52. The summed E-state index contributed by atoms with van der Waals surface area (Å²) in [6, 6.07) is 13.8. The summed E-state index contributed by atoms with van der Waals surface area (Å²) in [5.41, 5.74) is 3.37. The highest BCUT2D eigenvalue weighted by atomic mass is 32.2. The van der Waals surface area contributed by atoms with Crippen LogP contribution < -0.4 is 4.90 Å². The molecule has 9 heteroatoms. The highest BCUT2D eigenvalue weighted by Crippen LogP contribution is 2.43. The maximum atomic E-state index is 13.7. The zero-order chi connectivity index (χ0) is 24.7. The van der Waals surface area contributed by atoms with Gasteiger partial charge in [0.1, 0.15) is 0 Å². The van der Waals surface area contributed by atoms with Gasteiger partial charge < -0.3 is 19.6 Å². The van der Waals surface area contributed by atoms with Gasteiger partial charge in [0.25, 0.3) is 0 Å². The Bertz CT molecular complexity index is 1180. The van der Waals surface area contributed by atoms with Crippen molar-refractivity contribution in [2.24, 2.45) is 5.92 Å². The lowest BCUT2D eigenvalue weighted by Crippen LogP contribution is -2.59. The average Bonchev–Trinajstić information content (AvgIpc) is 2.88. The Morgan fingerprint density at radius 3 is 2.49 bits per heavy atom. The van der Waals surface area contributed by atoms with Gasteiger partial charge in [0.05, 0.1) is 36.2 Å². The van der Waals surface area contributed by atoms with E-state index in [-0.39, 0.29) is 16.8 Å². The summed E-state index contributed by atoms with van der Waals surface area (Å²) < 4.78 is 33.7. The molecular weight excluding hydrogens is 466 g/mol. The summed E-state index contributed by atoms with van der Waals surface area (Å²) in [6.07, 6.45) is 0.211. The fourth-order valence-corrected chi connectivity index (χ4v) is 7.20. The van der Waals surface area contributed by atoms with Gasteiger partial charge in [-0.25, -0.2) is 8.42 Å². The van der Waals surface area contributed by atoms with Gasteiger partial charge in [-0.05, 0) is 55.2 Å². The molecule has 0 spiro atoms. The molecule has 0 saturated carbocycles. The summed E-state index contributed by atoms with van der Waals surface area (Å²) in [5.74, 6) is -1.00. The molecule has 2 aromatic rings. The van der Waals surface area contributed by atoms with Crippen LogP contribution in [0.25, 0.3) is 0 Å². The minimum atomic E-state index is -3.84. The Kier molecular flexibility index (Phi) is 6.61. The third-order valence-electron chi connectivity index (χ3n) is 7.72. The third kappa shape index (κ3) is 4.35. The normalized spacial score (nSPS) is 25.8. The molecule has 35 heavy (non-hydrogen) atoms. The number of fused-ring (bicyclic) bond motifs is 3. The molecule has 3 aliphatic heterocycles. The van der Waals surface area contributed by atoms with E-state index in [2.05, 4.69) is 23.1 Å². The molecule has 4 atom stereocenters. The van der Waals surface area contributed by atoms with Gasteiger partial charge >= 0.3 is 0 Å². The van der Waals surface area contributed by atoms with Crippen molar-refractivity contribution < 1.29 is 23.1 Å². The van der Waals surface area contributed by atoms with Gasteiger partial charge in [0.2, 0.25) is 15.9 Å². The monoisotopic (exact) mass is 499 g/mol. The van der Waals surface area contributed by atoms with Crippen LogP contribution in [0.2, 0.25) is 0 Å². The number of aliphatic hydroxyl groups is 1. The lowest BCUT2D eigenvalue weighted by molar-refractivity contribution is -0.150. The molecule has 2 fully saturated rings. The van der Waals surface area contributed by atoms with Crippen molar-refractivity contribution in [1.82, 2.24) is 9.21 Å². The Morgan fingerprint density at radius 1 is 1.09 bits per heavy atom. The largest absolute Gasteiger partial charge is 0.393 e. The number of aliphatic hydroxyl groups excluding tert-OH is 1. The highest BCUT2D eigenvalue weighted by molar-refractivity contribution is 7.89. The van der Waals surface area contributed by atoms with Crippen molar-refractivity contribution in [3.63, 3.8) is 0 Å². The average molecular weight is 500 g/mol. The maximum Gasteiger partial charge on any atom is 0.243 e. The van der Waals surface area contributed by atoms with Gasteiger partial charge in [-0.15, -0.1) is 0 Å². The number of benzene rings is 2. The maximum absolute atomic E-state index is 13.7. The van der Waals surface area contributed by atoms with Crippen molar-refractivity contribution in [2.75, 3.05) is 44.8 Å². The van der Waals surface area contributed by atoms with E-state index in [0.29, 0.717) is 26.2 Å². The number of nitrogens with zero attached hydrogens (tertiary/aromatic N) is 3. The highest BCUT2D eigenvalue weighted by Gasteiger charge is 2.49. The van der Waals surface area contributed by atoms with E-state index in [1.54, 1.807) is 37.3 Å². The van der Waals surface area contributed by atoms with Crippen molar-refractivity contribution in [3.8, 4) is 0 Å². The number of ether oxygens (including phenoxy) is 1. The van der Waals surface area contributed by atoms with Crippen LogP contribution in [0, 0.1) is 5.92 Å². The molecule has 1 amide bonds. The minimum absolute atomic E-state index is 0.181. The summed E-state index contributed by atoms with van der Waals surface area (Å²) in [7, 11) is -2.31. The minimum Gasteiger partial charge on any atom is -0.393 e. The van der Waals surface area contributed by atoms with Gasteiger partial charge in [-0.1, -0.05) is 24.3 Å². The van der Waals surface area contributed by atoms with Crippen LogP contribution >= 0.6 is 0 Å². The lowest BCUT2D eigenvalue weighted by atomic mass is 9.78. The summed E-state index contributed by atoms with van der Waals surface area (Å²) in [5, 5.41) is 10.6. The predicted octanol–water partition coefficient (Wildman–Crippen LogP) is 2.04. The fourth-order valence-electron chi connectivity index (χ4n) is 5.79. The molecule has 0 radical (unpaired) electrons. The number of piperidine rings is 1. The van der Waals surface area contributed by atoms with E-state index in [0.717, 1.165) is 30.8 Å². The number of hydrogen-bond donors (Lipinski definition) is 1. The van der Waals surface area contributed by atoms with Crippen molar-refractivity contribution in [2.45, 2.75) is 42.8 Å². The number of rotatable bonds is 5. The number of anilines is 1. The first-order chi connectivity index (χ1) is 16.8. The molecule has 1 N–H and O–H groups in total. The summed E-state index contributed by atoms with van der Waals surface area (Å²) in [4.78, 5) is 18.0. The number of morpholine rings is 1. The SMILES string of the molecule is C[C@H](O)[C@@H]1C(=O)N2CCc3ccc(N4CCOCC4)cc3[C@@H]2C[C@@H]1N(C)S(=O)(=O)c1ccccc1. The Hall–Kier alpha value is -2.46. The molecule has 5 rings (SSSR count). The van der Waals surface area contributed by atoms with Crippen molar-refractivity contribution >= 4 is 21.6 Å². The number of carbonyl (C=O) groups excluding carboxylic acids is 1. The van der Waals surface area contributed by atoms with E-state index < -0.39 is 28.1 Å². The van der Waals surface area contributed by atoms with Crippen LogP contribution in [0.3, 0.4) is 0 Å². The molecular formula is C26H33N3O5S. The molecule has 0 aliphatic carbocycles. The summed E-state index contributed by atoms with van der Waals surface area (Å²) in [6.45, 7) is 5.15. The zero-order valence-electron chi connectivity index (χ0n) is 20.2. The first kappa shape index (κ1) is 24.2. The summed E-state index contributed by atoms with van der Waals surface area (Å²) >= 11 is 0. The predicted molar refractivity (Wildman–Crippen MR) is 133 cm³/mol. The molecule has 2 aromatic carbocycles. The van der Waals surface area contributed by atoms with Crippen molar-refractivity contribution in [1.29, 1.82) is 0 Å². The Labute approximate surface area is 207 Å². The molecule has 0 aromatic heterocycles. The van der Waals surface area contributed by atoms with Crippen LogP contribution in [-0.2, 0) is 26.0 Å². The van der Waals surface area contributed by atoms with E-state index >= 15 is 0 Å². The van der Waals surface area contributed by atoms with Crippen LogP contribution in [-0.4, -0.2) is 80.7 Å². The molecule has 188 valence electrons. The van der Waals surface area contributed by atoms with Gasteiger partial charge in [0.15, 0.2) is 0 Å². The van der Waals surface area contributed by atoms with E-state index in [1.165, 1.54) is 16.9 Å². The van der Waals surface area contributed by atoms with E-state index in [9.17, 15) is 18.3 Å². The van der Waals surface area contributed by atoms with Crippen LogP contribution in [0.5, 0.6) is 0 Å². The van der Waals surface area contributed by atoms with Crippen molar-refractivity contribution in [3.05, 3.63) is 59.7 Å². The lowest BCUT2D eigenvalue weighted by Gasteiger charge is -2.49. The molecule has 2 saturated heterocycles.